The van der Waals surface area contributed by atoms with Crippen LogP contribution < -0.4 is 0 Å². The van der Waals surface area contributed by atoms with Crippen LogP contribution >= 0.6 is 0 Å². The van der Waals surface area contributed by atoms with Crippen LogP contribution in [0.15, 0.2) is 42.6 Å². The summed E-state index contributed by atoms with van der Waals surface area (Å²) in [5.74, 6) is 0. The van der Waals surface area contributed by atoms with Gasteiger partial charge in [0.25, 0.3) is 0 Å². The van der Waals surface area contributed by atoms with Crippen molar-refractivity contribution in [3.05, 3.63) is 48.3 Å². The van der Waals surface area contributed by atoms with Crippen LogP contribution in [0.1, 0.15) is 5.69 Å². The quantitative estimate of drug-likeness (QED) is 0.693. The summed E-state index contributed by atoms with van der Waals surface area (Å²) in [6.07, 6.45) is 3.51. The van der Waals surface area contributed by atoms with Gasteiger partial charge in [0, 0.05) is 11.9 Å². The number of aromatic amines is 1. The van der Waals surface area contributed by atoms with Crippen LogP contribution in [0.4, 0.5) is 0 Å². The number of aromatic nitrogens is 4. The fourth-order valence-electron chi connectivity index (χ4n) is 1.68. The van der Waals surface area contributed by atoms with E-state index in [2.05, 4.69) is 21.3 Å². The lowest BCUT2D eigenvalue weighted by Crippen LogP contribution is -1.99. The summed E-state index contributed by atoms with van der Waals surface area (Å²) in [4.78, 5) is 4.36. The molecule has 0 aliphatic heterocycles. The van der Waals surface area contributed by atoms with Gasteiger partial charge in [0.05, 0.1) is 0 Å². The standard InChI is InChI=1S/C13H9N5/c14-9-11(8-10-4-3-7-15-10)18-16-12-5-1-2-6-13(12)17-18/h1-8,15H/b11-8-. The molecular weight excluding hydrogens is 226 g/mol. The highest BCUT2D eigenvalue weighted by Crippen LogP contribution is 2.12. The fourth-order valence-corrected chi connectivity index (χ4v) is 1.68. The van der Waals surface area contributed by atoms with Crippen molar-refractivity contribution in [2.75, 3.05) is 0 Å². The second-order valence-electron chi connectivity index (χ2n) is 3.75. The monoisotopic (exact) mass is 235 g/mol. The molecule has 86 valence electrons. The summed E-state index contributed by atoms with van der Waals surface area (Å²) >= 11 is 0. The molecule has 2 aromatic heterocycles. The molecule has 0 spiro atoms. The van der Waals surface area contributed by atoms with Gasteiger partial charge in [-0.2, -0.15) is 5.26 Å². The zero-order valence-electron chi connectivity index (χ0n) is 9.41. The Balaban J connectivity index is 2.09. The fraction of sp³-hybridized carbons (Fsp3) is 0. The Morgan fingerprint density at radius 2 is 1.89 bits per heavy atom. The second-order valence-corrected chi connectivity index (χ2v) is 3.75. The molecule has 0 saturated heterocycles. The van der Waals surface area contributed by atoms with Crippen LogP contribution in [-0.2, 0) is 0 Å². The van der Waals surface area contributed by atoms with Crippen LogP contribution in [0, 0.1) is 11.3 Å². The first-order chi connectivity index (χ1) is 8.86. The number of nitrogens with zero attached hydrogens (tertiary/aromatic N) is 4. The Labute approximate surface area is 103 Å². The molecule has 0 amide bonds. The molecule has 3 aromatic rings. The van der Waals surface area contributed by atoms with E-state index in [1.807, 2.05) is 36.4 Å². The third-order valence-corrected chi connectivity index (χ3v) is 2.53. The highest BCUT2D eigenvalue weighted by atomic mass is 15.5. The third kappa shape index (κ3) is 1.76. The predicted octanol–water partition coefficient (Wildman–Crippen LogP) is 2.28. The summed E-state index contributed by atoms with van der Waals surface area (Å²) in [5.41, 5.74) is 2.75. The molecule has 0 bridgehead atoms. The van der Waals surface area contributed by atoms with E-state index in [4.69, 9.17) is 0 Å². The van der Waals surface area contributed by atoms with Crippen molar-refractivity contribution in [3.8, 4) is 6.07 Å². The maximum absolute atomic E-state index is 9.17. The minimum atomic E-state index is 0.369. The molecular formula is C13H9N5. The van der Waals surface area contributed by atoms with Crippen molar-refractivity contribution < 1.29 is 0 Å². The average Bonchev–Trinajstić information content (AvgIpc) is 3.04. The first-order valence-electron chi connectivity index (χ1n) is 5.44. The third-order valence-electron chi connectivity index (χ3n) is 2.53. The average molecular weight is 235 g/mol. The highest BCUT2D eigenvalue weighted by molar-refractivity contribution is 5.80. The lowest BCUT2D eigenvalue weighted by Gasteiger charge is -1.94. The van der Waals surface area contributed by atoms with E-state index in [1.165, 1.54) is 4.80 Å². The SMILES string of the molecule is N#C/C(=C/c1ccc[nH]1)n1nc2ccccc2n1. The number of fused-ring (bicyclic) bond motifs is 1. The van der Waals surface area contributed by atoms with E-state index in [0.29, 0.717) is 5.70 Å². The topological polar surface area (TPSA) is 70.3 Å². The number of hydrogen-bond donors (Lipinski definition) is 1. The van der Waals surface area contributed by atoms with E-state index in [1.54, 1.807) is 12.3 Å². The maximum Gasteiger partial charge on any atom is 0.165 e. The van der Waals surface area contributed by atoms with Crippen molar-refractivity contribution in [3.63, 3.8) is 0 Å². The molecule has 2 heterocycles. The number of H-pyrrole nitrogens is 1. The molecule has 0 aliphatic carbocycles. The van der Waals surface area contributed by atoms with Gasteiger partial charge in [0.15, 0.2) is 5.70 Å². The summed E-state index contributed by atoms with van der Waals surface area (Å²) in [6, 6.07) is 13.4. The smallest absolute Gasteiger partial charge is 0.165 e. The van der Waals surface area contributed by atoms with Gasteiger partial charge in [-0.25, -0.2) is 0 Å². The number of rotatable bonds is 2. The predicted molar refractivity (Wildman–Crippen MR) is 68.1 cm³/mol. The molecule has 3 rings (SSSR count). The molecule has 0 radical (unpaired) electrons. The van der Waals surface area contributed by atoms with Crippen LogP contribution in [0.3, 0.4) is 0 Å². The molecule has 1 aromatic carbocycles. The van der Waals surface area contributed by atoms with E-state index in [0.717, 1.165) is 16.7 Å². The number of nitriles is 1. The minimum absolute atomic E-state index is 0.369. The summed E-state index contributed by atoms with van der Waals surface area (Å²) < 4.78 is 0. The Hall–Kier alpha value is -2.87. The molecule has 0 aliphatic rings. The summed E-state index contributed by atoms with van der Waals surface area (Å²) in [6.45, 7) is 0. The maximum atomic E-state index is 9.17. The van der Waals surface area contributed by atoms with Crippen LogP contribution in [-0.4, -0.2) is 20.0 Å². The van der Waals surface area contributed by atoms with Gasteiger partial charge in [-0.1, -0.05) is 12.1 Å². The first-order valence-corrected chi connectivity index (χ1v) is 5.44. The zero-order valence-corrected chi connectivity index (χ0v) is 9.41. The normalized spacial score (nSPS) is 11.6. The Morgan fingerprint density at radius 1 is 1.17 bits per heavy atom. The molecule has 1 N–H and O–H groups in total. The largest absolute Gasteiger partial charge is 0.362 e. The van der Waals surface area contributed by atoms with Crippen molar-refractivity contribution in [2.45, 2.75) is 0 Å². The molecule has 18 heavy (non-hydrogen) atoms. The van der Waals surface area contributed by atoms with Gasteiger partial charge in [0.1, 0.15) is 17.1 Å². The van der Waals surface area contributed by atoms with Gasteiger partial charge in [-0.15, -0.1) is 15.0 Å². The Morgan fingerprint density at radius 3 is 2.44 bits per heavy atom. The van der Waals surface area contributed by atoms with Crippen LogP contribution in [0.25, 0.3) is 22.8 Å². The van der Waals surface area contributed by atoms with E-state index >= 15 is 0 Å². The van der Waals surface area contributed by atoms with Crippen LogP contribution in [0.5, 0.6) is 0 Å². The Bertz CT molecular complexity index is 710. The second kappa shape index (κ2) is 4.18. The molecule has 5 heteroatoms. The first kappa shape index (κ1) is 10.3. The van der Waals surface area contributed by atoms with Gasteiger partial charge in [0.2, 0.25) is 0 Å². The lowest BCUT2D eigenvalue weighted by atomic mass is 10.3. The van der Waals surface area contributed by atoms with Gasteiger partial charge in [-0.3, -0.25) is 0 Å². The number of benzene rings is 1. The van der Waals surface area contributed by atoms with Crippen molar-refractivity contribution in [2.24, 2.45) is 0 Å². The zero-order chi connectivity index (χ0) is 12.4. The number of nitrogens with one attached hydrogen (secondary N) is 1. The number of allylic oxidation sites excluding steroid dienone is 1. The number of hydrogen-bond acceptors (Lipinski definition) is 3. The van der Waals surface area contributed by atoms with Gasteiger partial charge in [-0.05, 0) is 30.3 Å². The van der Waals surface area contributed by atoms with Crippen molar-refractivity contribution in [1.29, 1.82) is 5.26 Å². The van der Waals surface area contributed by atoms with Crippen LogP contribution in [0.2, 0.25) is 0 Å². The van der Waals surface area contributed by atoms with E-state index < -0.39 is 0 Å². The summed E-state index contributed by atoms with van der Waals surface area (Å²) in [7, 11) is 0. The molecule has 0 fully saturated rings. The van der Waals surface area contributed by atoms with Crippen molar-refractivity contribution >= 4 is 22.8 Å². The van der Waals surface area contributed by atoms with Crippen molar-refractivity contribution in [1.82, 2.24) is 20.0 Å². The molecule has 0 saturated carbocycles. The lowest BCUT2D eigenvalue weighted by molar-refractivity contribution is 0.795. The Kier molecular flexibility index (Phi) is 2.39. The van der Waals surface area contributed by atoms with E-state index in [-0.39, 0.29) is 0 Å². The molecule has 0 atom stereocenters. The van der Waals surface area contributed by atoms with Gasteiger partial charge < -0.3 is 4.98 Å². The highest BCUT2D eigenvalue weighted by Gasteiger charge is 2.06. The van der Waals surface area contributed by atoms with Gasteiger partial charge >= 0.3 is 0 Å². The van der Waals surface area contributed by atoms with E-state index in [9.17, 15) is 5.26 Å². The molecule has 5 nitrogen and oxygen atoms in total. The minimum Gasteiger partial charge on any atom is -0.362 e. The summed E-state index contributed by atoms with van der Waals surface area (Å²) in [5, 5.41) is 17.7. The molecule has 0 unspecified atom stereocenters.